The number of halogens is 2. The Morgan fingerprint density at radius 2 is 2.00 bits per heavy atom. The van der Waals surface area contributed by atoms with Crippen LogP contribution in [-0.4, -0.2) is 43.7 Å². The lowest BCUT2D eigenvalue weighted by molar-refractivity contribution is -0.0132. The number of nitrogens with one attached hydrogen (secondary N) is 2. The van der Waals surface area contributed by atoms with Gasteiger partial charge in [-0.25, -0.2) is 8.78 Å². The summed E-state index contributed by atoms with van der Waals surface area (Å²) in [7, 11) is 2.92. The molecular formula is C19H20F2N4O3. The number of pyridine rings is 1. The van der Waals surface area contributed by atoms with Gasteiger partial charge in [0.05, 0.1) is 22.4 Å². The van der Waals surface area contributed by atoms with E-state index in [4.69, 9.17) is 4.74 Å². The van der Waals surface area contributed by atoms with Crippen LogP contribution in [0, 0.1) is 23.0 Å². The predicted molar refractivity (Wildman–Crippen MR) is 99.5 cm³/mol. The van der Waals surface area contributed by atoms with Crippen molar-refractivity contribution in [1.82, 2.24) is 10.3 Å². The van der Waals surface area contributed by atoms with Crippen LogP contribution in [0.15, 0.2) is 10.9 Å². The largest absolute Gasteiger partial charge is 0.378 e. The molecule has 0 bridgehead atoms. The number of rotatable bonds is 3. The number of H-pyrrole nitrogens is 1. The maximum absolute atomic E-state index is 14.6. The Morgan fingerprint density at radius 3 is 2.54 bits per heavy atom. The third kappa shape index (κ3) is 3.10. The number of piperidine rings is 1. The molecule has 1 fully saturated rings. The fourth-order valence-electron chi connectivity index (χ4n) is 3.49. The molecule has 2 aromatic rings. The number of benzene rings is 1. The van der Waals surface area contributed by atoms with E-state index in [0.717, 1.165) is 0 Å². The summed E-state index contributed by atoms with van der Waals surface area (Å²) >= 11 is 0. The van der Waals surface area contributed by atoms with Crippen LogP contribution in [0.25, 0.3) is 10.9 Å². The number of hydrogen-bond acceptors (Lipinski definition) is 5. The summed E-state index contributed by atoms with van der Waals surface area (Å²) in [4.78, 5) is 28.3. The van der Waals surface area contributed by atoms with E-state index >= 15 is 0 Å². The van der Waals surface area contributed by atoms with Crippen LogP contribution in [0.3, 0.4) is 0 Å². The third-order valence-electron chi connectivity index (χ3n) is 5.38. The molecule has 0 unspecified atom stereocenters. The number of aromatic nitrogens is 1. The number of fused-ring (bicyclic) bond motifs is 1. The van der Waals surface area contributed by atoms with E-state index in [1.54, 1.807) is 12.0 Å². The Labute approximate surface area is 159 Å². The SMILES string of the molecule is CNC(=O)c1cc2c(N3CCC(C)(OC)CC3)c(C#N)c(=O)[nH]c2c(F)c1F. The molecule has 1 aromatic carbocycles. The van der Waals surface area contributed by atoms with E-state index in [0.29, 0.717) is 25.9 Å². The van der Waals surface area contributed by atoms with Crippen LogP contribution >= 0.6 is 0 Å². The molecule has 28 heavy (non-hydrogen) atoms. The molecule has 9 heteroatoms. The molecule has 1 amide bonds. The van der Waals surface area contributed by atoms with Gasteiger partial charge in [-0.15, -0.1) is 0 Å². The maximum Gasteiger partial charge on any atom is 0.268 e. The topological polar surface area (TPSA) is 98.2 Å². The van der Waals surface area contributed by atoms with Gasteiger partial charge < -0.3 is 19.9 Å². The Balaban J connectivity index is 2.28. The molecule has 148 valence electrons. The van der Waals surface area contributed by atoms with Crippen LogP contribution in [0.4, 0.5) is 14.5 Å². The first-order chi connectivity index (χ1) is 13.3. The van der Waals surface area contributed by atoms with Crippen LogP contribution in [0.2, 0.25) is 0 Å². The van der Waals surface area contributed by atoms with Gasteiger partial charge >= 0.3 is 0 Å². The van der Waals surface area contributed by atoms with Gasteiger partial charge in [0.1, 0.15) is 11.6 Å². The van der Waals surface area contributed by atoms with Crippen LogP contribution in [0.5, 0.6) is 0 Å². The van der Waals surface area contributed by atoms with Gasteiger partial charge in [0.25, 0.3) is 11.5 Å². The molecule has 0 saturated carbocycles. The minimum Gasteiger partial charge on any atom is -0.378 e. The summed E-state index contributed by atoms with van der Waals surface area (Å²) in [6, 6.07) is 3.02. The lowest BCUT2D eigenvalue weighted by Gasteiger charge is -2.40. The van der Waals surface area contributed by atoms with E-state index in [2.05, 4.69) is 10.3 Å². The van der Waals surface area contributed by atoms with Gasteiger partial charge in [0.2, 0.25) is 0 Å². The summed E-state index contributed by atoms with van der Waals surface area (Å²) in [5.41, 5.74) is -2.03. The molecular weight excluding hydrogens is 370 g/mol. The quantitative estimate of drug-likeness (QED) is 0.836. The third-order valence-corrected chi connectivity index (χ3v) is 5.38. The smallest absolute Gasteiger partial charge is 0.268 e. The molecule has 1 saturated heterocycles. The zero-order valence-electron chi connectivity index (χ0n) is 15.8. The Kier molecular flexibility index (Phi) is 5.08. The van der Waals surface area contributed by atoms with Crippen LogP contribution in [0.1, 0.15) is 35.7 Å². The number of carbonyl (C=O) groups is 1. The molecule has 0 atom stereocenters. The average Bonchev–Trinajstić information content (AvgIpc) is 2.70. The summed E-state index contributed by atoms with van der Waals surface area (Å²) in [6.07, 6.45) is 1.24. The molecule has 0 spiro atoms. The molecule has 0 aliphatic carbocycles. The minimum atomic E-state index is -1.36. The van der Waals surface area contributed by atoms with Gasteiger partial charge in [-0.05, 0) is 25.8 Å². The molecule has 2 N–H and O–H groups in total. The molecule has 2 heterocycles. The van der Waals surface area contributed by atoms with Crippen molar-refractivity contribution < 1.29 is 18.3 Å². The average molecular weight is 390 g/mol. The Bertz CT molecular complexity index is 1050. The fourth-order valence-corrected chi connectivity index (χ4v) is 3.49. The lowest BCUT2D eigenvalue weighted by Crippen LogP contribution is -2.44. The molecule has 3 rings (SSSR count). The second kappa shape index (κ2) is 7.20. The number of methoxy groups -OCH3 is 1. The van der Waals surface area contributed by atoms with E-state index in [-0.39, 0.29) is 27.8 Å². The second-order valence-corrected chi connectivity index (χ2v) is 6.98. The molecule has 1 aliphatic heterocycles. The van der Waals surface area contributed by atoms with Crippen molar-refractivity contribution in [3.8, 4) is 6.07 Å². The first kappa shape index (κ1) is 19.8. The molecule has 1 aromatic heterocycles. The summed E-state index contributed by atoms with van der Waals surface area (Å²) < 4.78 is 34.5. The summed E-state index contributed by atoms with van der Waals surface area (Å²) in [5.74, 6) is -3.50. The number of nitriles is 1. The Morgan fingerprint density at radius 1 is 1.36 bits per heavy atom. The zero-order chi connectivity index (χ0) is 20.6. The van der Waals surface area contributed by atoms with Crippen molar-refractivity contribution >= 4 is 22.5 Å². The monoisotopic (exact) mass is 390 g/mol. The molecule has 1 aliphatic rings. The van der Waals surface area contributed by atoms with Gasteiger partial charge in [0.15, 0.2) is 11.6 Å². The predicted octanol–water partition coefficient (Wildman–Crippen LogP) is 2.04. The van der Waals surface area contributed by atoms with E-state index in [1.165, 1.54) is 13.1 Å². The number of carbonyl (C=O) groups excluding carboxylic acids is 1. The van der Waals surface area contributed by atoms with Crippen molar-refractivity contribution in [3.63, 3.8) is 0 Å². The van der Waals surface area contributed by atoms with Crippen LogP contribution < -0.4 is 15.8 Å². The lowest BCUT2D eigenvalue weighted by atomic mass is 9.92. The van der Waals surface area contributed by atoms with Crippen molar-refractivity contribution in [3.05, 3.63) is 39.2 Å². The Hall–Kier alpha value is -2.99. The highest BCUT2D eigenvalue weighted by atomic mass is 19.2. The number of aromatic amines is 1. The van der Waals surface area contributed by atoms with Gasteiger partial charge in [0, 0.05) is 32.6 Å². The van der Waals surface area contributed by atoms with E-state index in [9.17, 15) is 23.6 Å². The highest BCUT2D eigenvalue weighted by molar-refractivity contribution is 6.02. The van der Waals surface area contributed by atoms with Gasteiger partial charge in [-0.3, -0.25) is 9.59 Å². The summed E-state index contributed by atoms with van der Waals surface area (Å²) in [6.45, 7) is 2.86. The van der Waals surface area contributed by atoms with Crippen LogP contribution in [-0.2, 0) is 4.74 Å². The number of amides is 1. The highest BCUT2D eigenvalue weighted by Crippen LogP contribution is 2.35. The van der Waals surface area contributed by atoms with Crippen molar-refractivity contribution in [1.29, 1.82) is 5.26 Å². The number of nitrogens with zero attached hydrogens (tertiary/aromatic N) is 2. The molecule has 0 radical (unpaired) electrons. The molecule has 7 nitrogen and oxygen atoms in total. The first-order valence-electron chi connectivity index (χ1n) is 8.76. The van der Waals surface area contributed by atoms with Crippen molar-refractivity contribution in [2.45, 2.75) is 25.4 Å². The van der Waals surface area contributed by atoms with Crippen molar-refractivity contribution in [2.75, 3.05) is 32.1 Å². The number of hydrogen-bond donors (Lipinski definition) is 2. The van der Waals surface area contributed by atoms with E-state index < -0.39 is 28.7 Å². The zero-order valence-corrected chi connectivity index (χ0v) is 15.8. The highest BCUT2D eigenvalue weighted by Gasteiger charge is 2.33. The second-order valence-electron chi connectivity index (χ2n) is 6.98. The minimum absolute atomic E-state index is 0.106. The van der Waals surface area contributed by atoms with Gasteiger partial charge in [-0.2, -0.15) is 5.26 Å². The summed E-state index contributed by atoms with van der Waals surface area (Å²) in [5, 5.41) is 11.9. The maximum atomic E-state index is 14.6. The fraction of sp³-hybridized carbons (Fsp3) is 0.421. The van der Waals surface area contributed by atoms with E-state index in [1.807, 2.05) is 13.0 Å². The first-order valence-corrected chi connectivity index (χ1v) is 8.76. The standard InChI is InChI=1S/C19H20F2N4O3/c1-19(28-3)4-6-25(7-5-19)16-11-8-10(17(26)23-2)13(20)14(21)15(11)24-18(27)12(16)9-22/h8H,4-7H2,1-3H3,(H,23,26)(H,24,27). The number of ether oxygens (including phenoxy) is 1. The van der Waals surface area contributed by atoms with Crippen molar-refractivity contribution in [2.24, 2.45) is 0 Å². The normalized spacial score (nSPS) is 16.1. The van der Waals surface area contributed by atoms with Gasteiger partial charge in [-0.1, -0.05) is 0 Å². The number of anilines is 1.